The van der Waals surface area contributed by atoms with Gasteiger partial charge >= 0.3 is 0 Å². The van der Waals surface area contributed by atoms with Gasteiger partial charge in [0.25, 0.3) is 0 Å². The summed E-state index contributed by atoms with van der Waals surface area (Å²) in [6.07, 6.45) is 4.85. The molecule has 2 heterocycles. The lowest BCUT2D eigenvalue weighted by atomic mass is 10.1. The standard InChI is InChI=1S/C22H20N4O2/c1-3-28-24-16(2)17-9-10-22-21(13-17)23-15-26(22)20-8-4-6-18(12-20)19-7-5-11-25(27)14-19/h4-15H,3H2,1-2H3. The van der Waals surface area contributed by atoms with E-state index < -0.39 is 0 Å². The molecule has 0 aliphatic rings. The van der Waals surface area contributed by atoms with E-state index in [1.54, 1.807) is 18.6 Å². The van der Waals surface area contributed by atoms with Gasteiger partial charge in [0, 0.05) is 22.9 Å². The molecule has 6 nitrogen and oxygen atoms in total. The first-order valence-electron chi connectivity index (χ1n) is 9.09. The highest BCUT2D eigenvalue weighted by molar-refractivity contribution is 6.01. The molecule has 2 aromatic heterocycles. The number of hydrogen-bond donors (Lipinski definition) is 0. The Morgan fingerprint density at radius 3 is 2.82 bits per heavy atom. The van der Waals surface area contributed by atoms with E-state index in [4.69, 9.17) is 4.84 Å². The minimum absolute atomic E-state index is 0.540. The van der Waals surface area contributed by atoms with Crippen LogP contribution in [0.1, 0.15) is 19.4 Å². The summed E-state index contributed by atoms with van der Waals surface area (Å²) in [5.74, 6) is 0. The molecule has 4 aromatic rings. The smallest absolute Gasteiger partial charge is 0.188 e. The number of fused-ring (bicyclic) bond motifs is 1. The maximum absolute atomic E-state index is 11.6. The van der Waals surface area contributed by atoms with Gasteiger partial charge in [0.2, 0.25) is 0 Å². The number of hydrogen-bond acceptors (Lipinski definition) is 4. The van der Waals surface area contributed by atoms with E-state index in [1.165, 1.54) is 6.20 Å². The first-order valence-corrected chi connectivity index (χ1v) is 9.09. The van der Waals surface area contributed by atoms with E-state index in [1.807, 2.05) is 66.9 Å². The quantitative estimate of drug-likeness (QED) is 0.229. The van der Waals surface area contributed by atoms with Gasteiger partial charge in [-0.3, -0.25) is 4.57 Å². The molecule has 0 N–H and O–H groups in total. The van der Waals surface area contributed by atoms with Crippen LogP contribution >= 0.6 is 0 Å². The molecule has 0 aliphatic carbocycles. The second-order valence-corrected chi connectivity index (χ2v) is 6.42. The zero-order valence-corrected chi connectivity index (χ0v) is 15.7. The highest BCUT2D eigenvalue weighted by Crippen LogP contribution is 2.24. The number of nitrogens with zero attached hydrogens (tertiary/aromatic N) is 4. The second-order valence-electron chi connectivity index (χ2n) is 6.42. The minimum Gasteiger partial charge on any atom is -0.619 e. The fraction of sp³-hybridized carbons (Fsp3) is 0.136. The predicted octanol–water partition coefficient (Wildman–Crippen LogP) is 4.09. The summed E-state index contributed by atoms with van der Waals surface area (Å²) in [7, 11) is 0. The molecule has 0 atom stereocenters. The summed E-state index contributed by atoms with van der Waals surface area (Å²) < 4.78 is 2.84. The summed E-state index contributed by atoms with van der Waals surface area (Å²) in [6, 6.07) is 17.8. The molecule has 0 unspecified atom stereocenters. The van der Waals surface area contributed by atoms with Crippen molar-refractivity contribution in [3.05, 3.63) is 84.1 Å². The molecular formula is C22H20N4O2. The summed E-state index contributed by atoms with van der Waals surface area (Å²) in [4.78, 5) is 9.69. The molecular weight excluding hydrogens is 352 g/mol. The van der Waals surface area contributed by atoms with Crippen molar-refractivity contribution in [3.63, 3.8) is 0 Å². The fourth-order valence-electron chi connectivity index (χ4n) is 3.12. The van der Waals surface area contributed by atoms with Crippen molar-refractivity contribution in [2.75, 3.05) is 6.61 Å². The Hall–Kier alpha value is -3.67. The van der Waals surface area contributed by atoms with Crippen LogP contribution in [0.5, 0.6) is 0 Å². The topological polar surface area (TPSA) is 66.4 Å². The van der Waals surface area contributed by atoms with Crippen molar-refractivity contribution in [2.45, 2.75) is 13.8 Å². The van der Waals surface area contributed by atoms with Crippen LogP contribution in [-0.4, -0.2) is 21.9 Å². The van der Waals surface area contributed by atoms with Crippen molar-refractivity contribution in [1.82, 2.24) is 9.55 Å². The Balaban J connectivity index is 1.73. The summed E-state index contributed by atoms with van der Waals surface area (Å²) in [6.45, 7) is 4.36. The molecule has 0 bridgehead atoms. The van der Waals surface area contributed by atoms with Crippen LogP contribution in [0.15, 0.2) is 78.5 Å². The van der Waals surface area contributed by atoms with E-state index in [9.17, 15) is 5.21 Å². The molecule has 4 rings (SSSR count). The molecule has 6 heteroatoms. The van der Waals surface area contributed by atoms with Crippen molar-refractivity contribution < 1.29 is 9.57 Å². The van der Waals surface area contributed by atoms with Crippen molar-refractivity contribution in [3.8, 4) is 16.8 Å². The molecule has 0 spiro atoms. The summed E-state index contributed by atoms with van der Waals surface area (Å²) in [5, 5.41) is 15.7. The normalized spacial score (nSPS) is 11.7. The monoisotopic (exact) mass is 372 g/mol. The fourth-order valence-corrected chi connectivity index (χ4v) is 3.12. The lowest BCUT2D eigenvalue weighted by Crippen LogP contribution is -2.23. The third-order valence-electron chi connectivity index (χ3n) is 4.53. The molecule has 0 aliphatic heterocycles. The van der Waals surface area contributed by atoms with Crippen molar-refractivity contribution >= 4 is 16.7 Å². The van der Waals surface area contributed by atoms with Gasteiger partial charge in [-0.25, -0.2) is 4.98 Å². The average Bonchev–Trinajstić information content (AvgIpc) is 3.15. The Morgan fingerprint density at radius 2 is 2.00 bits per heavy atom. The Kier molecular flexibility index (Phi) is 4.76. The zero-order chi connectivity index (χ0) is 19.5. The van der Waals surface area contributed by atoms with E-state index >= 15 is 0 Å². The van der Waals surface area contributed by atoms with Crippen molar-refractivity contribution in [1.29, 1.82) is 0 Å². The van der Waals surface area contributed by atoms with Crippen LogP contribution in [0.25, 0.3) is 27.8 Å². The number of rotatable bonds is 5. The molecule has 0 saturated heterocycles. The highest BCUT2D eigenvalue weighted by atomic mass is 16.6. The van der Waals surface area contributed by atoms with Gasteiger partial charge in [0.05, 0.1) is 16.7 Å². The van der Waals surface area contributed by atoms with Gasteiger partial charge in [-0.2, -0.15) is 4.73 Å². The maximum Gasteiger partial charge on any atom is 0.188 e. The largest absolute Gasteiger partial charge is 0.619 e. The molecule has 0 radical (unpaired) electrons. The SMILES string of the molecule is CCON=C(C)c1ccc2c(c1)ncn2-c1cccc(-c2ccc[n+]([O-])c2)c1. The highest BCUT2D eigenvalue weighted by Gasteiger charge is 2.09. The lowest BCUT2D eigenvalue weighted by molar-refractivity contribution is -0.604. The molecule has 140 valence electrons. The van der Waals surface area contributed by atoms with E-state index in [2.05, 4.69) is 10.1 Å². The van der Waals surface area contributed by atoms with Crippen LogP contribution in [0.4, 0.5) is 0 Å². The van der Waals surface area contributed by atoms with Crippen LogP contribution in [0.2, 0.25) is 0 Å². The zero-order valence-electron chi connectivity index (χ0n) is 15.7. The third-order valence-corrected chi connectivity index (χ3v) is 4.53. The van der Waals surface area contributed by atoms with Crippen LogP contribution < -0.4 is 4.73 Å². The maximum atomic E-state index is 11.6. The van der Waals surface area contributed by atoms with Crippen LogP contribution in [0.3, 0.4) is 0 Å². The molecule has 0 amide bonds. The number of oxime groups is 1. The first-order chi connectivity index (χ1) is 13.7. The molecule has 28 heavy (non-hydrogen) atoms. The number of pyridine rings is 1. The van der Waals surface area contributed by atoms with Gasteiger partial charge < -0.3 is 10.0 Å². The van der Waals surface area contributed by atoms with Gasteiger partial charge in [0.15, 0.2) is 12.4 Å². The number of aromatic nitrogens is 3. The Labute approximate surface area is 162 Å². The van der Waals surface area contributed by atoms with Gasteiger partial charge in [0.1, 0.15) is 12.9 Å². The second kappa shape index (κ2) is 7.52. The molecule has 0 fully saturated rings. The van der Waals surface area contributed by atoms with Gasteiger partial charge in [-0.15, -0.1) is 0 Å². The predicted molar refractivity (Wildman–Crippen MR) is 109 cm³/mol. The summed E-state index contributed by atoms with van der Waals surface area (Å²) >= 11 is 0. The molecule has 0 saturated carbocycles. The third kappa shape index (κ3) is 3.44. The number of benzene rings is 2. The van der Waals surface area contributed by atoms with E-state index in [-0.39, 0.29) is 0 Å². The van der Waals surface area contributed by atoms with Crippen LogP contribution in [-0.2, 0) is 4.84 Å². The van der Waals surface area contributed by atoms with Crippen molar-refractivity contribution in [2.24, 2.45) is 5.16 Å². The average molecular weight is 372 g/mol. The number of imidazole rings is 1. The van der Waals surface area contributed by atoms with E-state index in [0.29, 0.717) is 6.61 Å². The molecule has 2 aromatic carbocycles. The van der Waals surface area contributed by atoms with E-state index in [0.717, 1.165) is 43.9 Å². The Bertz CT molecular complexity index is 1160. The van der Waals surface area contributed by atoms with Crippen LogP contribution in [0, 0.1) is 5.21 Å². The lowest BCUT2D eigenvalue weighted by Gasteiger charge is -2.08. The summed E-state index contributed by atoms with van der Waals surface area (Å²) in [5.41, 5.74) is 6.49. The van der Waals surface area contributed by atoms with Gasteiger partial charge in [-0.05, 0) is 49.7 Å². The minimum atomic E-state index is 0.540. The Morgan fingerprint density at radius 1 is 1.14 bits per heavy atom. The van der Waals surface area contributed by atoms with Gasteiger partial charge in [-0.1, -0.05) is 23.4 Å². The first kappa shape index (κ1) is 17.7.